The molecular weight excluding hydrogens is 601 g/mol. The minimum Gasteiger partial charge on any atom is -0.467 e. The smallest absolute Gasteiger partial charge is 0.341 e. The zero-order chi connectivity index (χ0) is 33.6. The Kier molecular flexibility index (Phi) is 15.9. The average Bonchev–Trinajstić information content (AvgIpc) is 3.36. The molecule has 1 aromatic carbocycles. The van der Waals surface area contributed by atoms with E-state index in [1.165, 1.54) is 23.8 Å². The number of allylic oxidation sites excluding steroid dienone is 3. The molecule has 1 aromatic heterocycles. The molecule has 0 saturated carbocycles. The SMILES string of the molecule is COC(=O)c1c(C)cc(OCOCC[Si](C)(C)C)c(C/C=C(\C)CCCc2coc(C=C(C)C)c2)c1OCOCC[Si](C)(C)C. The normalized spacial score (nSPS) is 12.3. The second-order valence-corrected chi connectivity index (χ2v) is 25.8. The molecule has 0 aliphatic rings. The minimum atomic E-state index is -1.25. The fourth-order valence-electron chi connectivity index (χ4n) is 4.55. The molecule has 0 aliphatic carbocycles. The molecule has 2 aromatic rings. The van der Waals surface area contributed by atoms with Gasteiger partial charge in [0.1, 0.15) is 22.8 Å². The quantitative estimate of drug-likeness (QED) is 0.0461. The summed E-state index contributed by atoms with van der Waals surface area (Å²) in [6.45, 7) is 23.5. The Morgan fingerprint density at radius 3 is 2.11 bits per heavy atom. The molecule has 2 rings (SSSR count). The van der Waals surface area contributed by atoms with Crippen LogP contribution in [0.3, 0.4) is 0 Å². The van der Waals surface area contributed by atoms with Crippen molar-refractivity contribution in [1.82, 2.24) is 0 Å². The second-order valence-electron chi connectivity index (χ2n) is 14.5. The van der Waals surface area contributed by atoms with Crippen LogP contribution in [-0.4, -0.2) is 56.0 Å². The van der Waals surface area contributed by atoms with Crippen LogP contribution in [0.2, 0.25) is 51.4 Å². The number of ether oxygens (including phenoxy) is 5. The lowest BCUT2D eigenvalue weighted by molar-refractivity contribution is 0.0160. The van der Waals surface area contributed by atoms with Crippen molar-refractivity contribution in [3.8, 4) is 11.5 Å². The fraction of sp³-hybridized carbons (Fsp3) is 0.583. The molecule has 7 nitrogen and oxygen atoms in total. The average molecular weight is 659 g/mol. The van der Waals surface area contributed by atoms with E-state index in [0.717, 1.165) is 42.7 Å². The summed E-state index contributed by atoms with van der Waals surface area (Å²) in [6, 6.07) is 6.08. The first-order valence-electron chi connectivity index (χ1n) is 16.1. The van der Waals surface area contributed by atoms with Gasteiger partial charge in [0.25, 0.3) is 0 Å². The maximum absolute atomic E-state index is 13.0. The van der Waals surface area contributed by atoms with Gasteiger partial charge in [-0.25, -0.2) is 4.79 Å². The van der Waals surface area contributed by atoms with E-state index >= 15 is 0 Å². The highest BCUT2D eigenvalue weighted by atomic mass is 28.3. The molecule has 0 aliphatic heterocycles. The van der Waals surface area contributed by atoms with Crippen LogP contribution >= 0.6 is 0 Å². The van der Waals surface area contributed by atoms with E-state index in [-0.39, 0.29) is 13.6 Å². The number of esters is 1. The Bertz CT molecular complexity index is 1280. The second kappa shape index (κ2) is 18.5. The number of carbonyl (C=O) groups excluding carboxylic acids is 1. The Labute approximate surface area is 274 Å². The first kappa shape index (κ1) is 38.6. The van der Waals surface area contributed by atoms with Gasteiger partial charge < -0.3 is 28.1 Å². The maximum Gasteiger partial charge on any atom is 0.341 e. The number of aryl methyl sites for hydroxylation is 2. The lowest BCUT2D eigenvalue weighted by atomic mass is 9.98. The van der Waals surface area contributed by atoms with E-state index < -0.39 is 22.1 Å². The van der Waals surface area contributed by atoms with Crippen molar-refractivity contribution in [2.24, 2.45) is 0 Å². The number of benzene rings is 1. The number of carbonyl (C=O) groups is 1. The van der Waals surface area contributed by atoms with Gasteiger partial charge in [0, 0.05) is 34.9 Å². The Balaban J connectivity index is 2.27. The molecular formula is C36H58O7Si2. The zero-order valence-corrected chi connectivity index (χ0v) is 31.8. The van der Waals surface area contributed by atoms with Crippen molar-refractivity contribution in [2.75, 3.05) is 33.9 Å². The largest absolute Gasteiger partial charge is 0.467 e. The molecule has 0 atom stereocenters. The van der Waals surface area contributed by atoms with Crippen LogP contribution in [0, 0.1) is 6.92 Å². The van der Waals surface area contributed by atoms with Crippen LogP contribution in [0.1, 0.15) is 66.4 Å². The lowest BCUT2D eigenvalue weighted by Crippen LogP contribution is -2.22. The van der Waals surface area contributed by atoms with E-state index in [1.54, 1.807) is 0 Å². The van der Waals surface area contributed by atoms with Gasteiger partial charge in [0.2, 0.25) is 0 Å². The van der Waals surface area contributed by atoms with Gasteiger partial charge in [-0.2, -0.15) is 0 Å². The molecule has 252 valence electrons. The summed E-state index contributed by atoms with van der Waals surface area (Å²) in [5.41, 5.74) is 5.55. The maximum atomic E-state index is 13.0. The summed E-state index contributed by atoms with van der Waals surface area (Å²) in [7, 11) is -1.08. The molecule has 0 bridgehead atoms. The Morgan fingerprint density at radius 2 is 1.53 bits per heavy atom. The zero-order valence-electron chi connectivity index (χ0n) is 29.8. The summed E-state index contributed by atoms with van der Waals surface area (Å²) < 4.78 is 35.0. The molecule has 9 heteroatoms. The molecule has 1 heterocycles. The summed E-state index contributed by atoms with van der Waals surface area (Å²) in [5, 5.41) is 0. The number of methoxy groups -OCH3 is 1. The minimum absolute atomic E-state index is 0.0409. The number of hydrogen-bond acceptors (Lipinski definition) is 7. The van der Waals surface area contributed by atoms with Crippen molar-refractivity contribution < 1.29 is 32.9 Å². The third-order valence-electron chi connectivity index (χ3n) is 7.30. The summed E-state index contributed by atoms with van der Waals surface area (Å²) in [4.78, 5) is 13.0. The lowest BCUT2D eigenvalue weighted by Gasteiger charge is -2.21. The van der Waals surface area contributed by atoms with Crippen LogP contribution < -0.4 is 9.47 Å². The molecule has 0 saturated heterocycles. The van der Waals surface area contributed by atoms with Crippen LogP contribution in [0.5, 0.6) is 11.5 Å². The van der Waals surface area contributed by atoms with Crippen molar-refractivity contribution in [1.29, 1.82) is 0 Å². The topological polar surface area (TPSA) is 76.4 Å². The first-order valence-corrected chi connectivity index (χ1v) is 23.5. The van der Waals surface area contributed by atoms with E-state index in [4.69, 9.17) is 28.1 Å². The van der Waals surface area contributed by atoms with Gasteiger partial charge in [-0.1, -0.05) is 56.5 Å². The third-order valence-corrected chi connectivity index (χ3v) is 10.7. The predicted molar refractivity (Wildman–Crippen MR) is 190 cm³/mol. The molecule has 0 spiro atoms. The van der Waals surface area contributed by atoms with E-state index in [1.807, 2.05) is 25.3 Å². The van der Waals surface area contributed by atoms with Crippen LogP contribution in [-0.2, 0) is 27.1 Å². The monoisotopic (exact) mass is 658 g/mol. The molecule has 0 amide bonds. The molecule has 0 N–H and O–H groups in total. The van der Waals surface area contributed by atoms with Crippen LogP contribution in [0.15, 0.2) is 40.0 Å². The first-order chi connectivity index (χ1) is 21.1. The molecule has 45 heavy (non-hydrogen) atoms. The summed E-state index contributed by atoms with van der Waals surface area (Å²) >= 11 is 0. The number of hydrogen-bond donors (Lipinski definition) is 0. The van der Waals surface area contributed by atoms with Gasteiger partial charge in [-0.3, -0.25) is 0 Å². The number of furan rings is 1. The number of rotatable bonds is 20. The highest BCUT2D eigenvalue weighted by molar-refractivity contribution is 6.76. The van der Waals surface area contributed by atoms with Crippen molar-refractivity contribution >= 4 is 28.2 Å². The van der Waals surface area contributed by atoms with Gasteiger partial charge in [-0.15, -0.1) is 0 Å². The summed E-state index contributed by atoms with van der Waals surface area (Å²) in [6.07, 6.45) is 9.49. The predicted octanol–water partition coefficient (Wildman–Crippen LogP) is 9.69. The van der Waals surface area contributed by atoms with Gasteiger partial charge in [0.15, 0.2) is 13.6 Å². The molecule has 0 unspecified atom stereocenters. The van der Waals surface area contributed by atoms with Crippen LogP contribution in [0.25, 0.3) is 6.08 Å². The van der Waals surface area contributed by atoms with Crippen molar-refractivity contribution in [3.63, 3.8) is 0 Å². The Morgan fingerprint density at radius 1 is 0.911 bits per heavy atom. The molecule has 0 radical (unpaired) electrons. The highest BCUT2D eigenvalue weighted by Crippen LogP contribution is 2.37. The Hall–Kier alpha value is -2.60. The van der Waals surface area contributed by atoms with Gasteiger partial charge in [-0.05, 0) is 94.8 Å². The van der Waals surface area contributed by atoms with Crippen LogP contribution in [0.4, 0.5) is 0 Å². The summed E-state index contributed by atoms with van der Waals surface area (Å²) in [5.74, 6) is 1.53. The van der Waals surface area contributed by atoms with E-state index in [9.17, 15) is 4.79 Å². The third kappa shape index (κ3) is 15.0. The van der Waals surface area contributed by atoms with Crippen molar-refractivity contribution in [3.05, 3.63) is 63.6 Å². The van der Waals surface area contributed by atoms with E-state index in [2.05, 4.69) is 72.2 Å². The standard InChI is InChI=1S/C36H58O7Si2/c1-27(2)21-31-23-30(24-41-31)14-12-13-28(3)15-16-32-33(42-25-39-17-19-44(6,7)8)22-29(4)34(36(37)38-5)35(32)43-26-40-18-20-45(9,10)11/h15,21-24H,12-14,16-20,25-26H2,1-11H3/b28-15+. The highest BCUT2D eigenvalue weighted by Gasteiger charge is 2.24. The molecule has 0 fully saturated rings. The van der Waals surface area contributed by atoms with Gasteiger partial charge in [0.05, 0.1) is 13.4 Å². The van der Waals surface area contributed by atoms with Crippen molar-refractivity contribution in [2.45, 2.75) is 105 Å². The van der Waals surface area contributed by atoms with Gasteiger partial charge >= 0.3 is 5.97 Å². The fourth-order valence-corrected chi connectivity index (χ4v) is 6.06. The van der Waals surface area contributed by atoms with E-state index in [0.29, 0.717) is 42.3 Å².